The molecule has 1 heterocycles. The Labute approximate surface area is 114 Å². The van der Waals surface area contributed by atoms with Crippen molar-refractivity contribution >= 4 is 23.0 Å². The highest BCUT2D eigenvalue weighted by molar-refractivity contribution is 7.09. The van der Waals surface area contributed by atoms with Gasteiger partial charge in [0.25, 0.3) is 0 Å². The van der Waals surface area contributed by atoms with Crippen LogP contribution in [0.4, 0.5) is 10.1 Å². The van der Waals surface area contributed by atoms with Crippen LogP contribution in [-0.2, 0) is 6.42 Å². The van der Waals surface area contributed by atoms with Crippen molar-refractivity contribution in [3.05, 3.63) is 52.0 Å². The minimum Gasteiger partial charge on any atom is -0.478 e. The van der Waals surface area contributed by atoms with Gasteiger partial charge in [0.1, 0.15) is 5.82 Å². The van der Waals surface area contributed by atoms with Crippen molar-refractivity contribution in [2.24, 2.45) is 0 Å². The van der Waals surface area contributed by atoms with Crippen LogP contribution in [0.25, 0.3) is 0 Å². The molecule has 3 nitrogen and oxygen atoms in total. The summed E-state index contributed by atoms with van der Waals surface area (Å²) in [7, 11) is 0. The van der Waals surface area contributed by atoms with E-state index in [2.05, 4.69) is 11.4 Å². The summed E-state index contributed by atoms with van der Waals surface area (Å²) < 4.78 is 13.5. The summed E-state index contributed by atoms with van der Waals surface area (Å²) in [5.74, 6) is -1.98. The summed E-state index contributed by atoms with van der Waals surface area (Å²) in [4.78, 5) is 12.0. The average molecular weight is 279 g/mol. The molecular formula is C14H14FNO2S. The molecule has 2 N–H and O–H groups in total. The molecule has 0 bridgehead atoms. The lowest BCUT2D eigenvalue weighted by atomic mass is 10.1. The normalized spacial score (nSPS) is 12.1. The molecule has 0 aliphatic heterocycles. The SMILES string of the molecule is CC(Cc1cccs1)Nc1ccc(C(=O)O)c(F)c1. The molecule has 0 saturated carbocycles. The minimum absolute atomic E-state index is 0.147. The maximum Gasteiger partial charge on any atom is 0.338 e. The van der Waals surface area contributed by atoms with E-state index in [0.29, 0.717) is 5.69 Å². The smallest absolute Gasteiger partial charge is 0.338 e. The number of halogens is 1. The van der Waals surface area contributed by atoms with E-state index in [1.165, 1.54) is 17.0 Å². The van der Waals surface area contributed by atoms with E-state index in [0.717, 1.165) is 6.42 Å². The van der Waals surface area contributed by atoms with Crippen molar-refractivity contribution in [1.29, 1.82) is 0 Å². The number of carbonyl (C=O) groups is 1. The van der Waals surface area contributed by atoms with Gasteiger partial charge >= 0.3 is 5.97 Å². The fraction of sp³-hybridized carbons (Fsp3) is 0.214. The van der Waals surface area contributed by atoms with E-state index >= 15 is 0 Å². The molecule has 5 heteroatoms. The second-order valence-corrected chi connectivity index (χ2v) is 5.36. The quantitative estimate of drug-likeness (QED) is 0.878. The van der Waals surface area contributed by atoms with Crippen LogP contribution in [0.15, 0.2) is 35.7 Å². The summed E-state index contributed by atoms with van der Waals surface area (Å²) in [5.41, 5.74) is 0.281. The number of carboxylic acid groups (broad SMARTS) is 1. The lowest BCUT2D eigenvalue weighted by Crippen LogP contribution is -2.17. The fourth-order valence-corrected chi connectivity index (χ4v) is 2.68. The Balaban J connectivity index is 2.03. The highest BCUT2D eigenvalue weighted by Gasteiger charge is 2.11. The predicted octanol–water partition coefficient (Wildman–Crippen LogP) is 3.63. The van der Waals surface area contributed by atoms with Crippen LogP contribution in [0, 0.1) is 5.82 Å². The molecule has 0 aliphatic rings. The zero-order chi connectivity index (χ0) is 13.8. The first kappa shape index (κ1) is 13.5. The van der Waals surface area contributed by atoms with Gasteiger partial charge in [-0.25, -0.2) is 9.18 Å². The van der Waals surface area contributed by atoms with Gasteiger partial charge in [-0.1, -0.05) is 6.07 Å². The van der Waals surface area contributed by atoms with Gasteiger partial charge < -0.3 is 10.4 Å². The van der Waals surface area contributed by atoms with E-state index in [9.17, 15) is 9.18 Å². The predicted molar refractivity (Wildman–Crippen MR) is 74.5 cm³/mol. The summed E-state index contributed by atoms with van der Waals surface area (Å²) in [6.07, 6.45) is 0.847. The molecule has 0 fully saturated rings. The Morgan fingerprint density at radius 1 is 1.47 bits per heavy atom. The monoisotopic (exact) mass is 279 g/mol. The van der Waals surface area contributed by atoms with Crippen LogP contribution < -0.4 is 5.32 Å². The van der Waals surface area contributed by atoms with Crippen molar-refractivity contribution in [2.75, 3.05) is 5.32 Å². The number of aromatic carboxylic acids is 1. The van der Waals surface area contributed by atoms with Gasteiger partial charge in [-0.3, -0.25) is 0 Å². The second-order valence-electron chi connectivity index (χ2n) is 4.33. The summed E-state index contributed by atoms with van der Waals surface area (Å²) >= 11 is 1.68. The van der Waals surface area contributed by atoms with Gasteiger partial charge in [0.2, 0.25) is 0 Å². The van der Waals surface area contributed by atoms with Gasteiger partial charge in [0.15, 0.2) is 0 Å². The molecule has 2 rings (SSSR count). The van der Waals surface area contributed by atoms with Gasteiger partial charge in [-0.15, -0.1) is 11.3 Å². The number of carboxylic acids is 1. The molecule has 1 unspecified atom stereocenters. The molecule has 1 atom stereocenters. The summed E-state index contributed by atoms with van der Waals surface area (Å²) in [5, 5.41) is 13.9. The lowest BCUT2D eigenvalue weighted by molar-refractivity contribution is 0.0692. The topological polar surface area (TPSA) is 49.3 Å². The van der Waals surface area contributed by atoms with E-state index in [1.807, 2.05) is 18.4 Å². The zero-order valence-corrected chi connectivity index (χ0v) is 11.2. The number of thiophene rings is 1. The van der Waals surface area contributed by atoms with E-state index in [1.54, 1.807) is 17.4 Å². The average Bonchev–Trinajstić information content (AvgIpc) is 2.81. The molecule has 0 aliphatic carbocycles. The Kier molecular flexibility index (Phi) is 4.16. The molecule has 0 amide bonds. The van der Waals surface area contributed by atoms with Crippen LogP contribution in [0.2, 0.25) is 0 Å². The van der Waals surface area contributed by atoms with Gasteiger partial charge in [-0.2, -0.15) is 0 Å². The number of benzene rings is 1. The van der Waals surface area contributed by atoms with Gasteiger partial charge in [-0.05, 0) is 36.6 Å². The Morgan fingerprint density at radius 2 is 2.26 bits per heavy atom. The van der Waals surface area contributed by atoms with Crippen molar-refractivity contribution in [3.63, 3.8) is 0 Å². The van der Waals surface area contributed by atoms with Crippen molar-refractivity contribution in [3.8, 4) is 0 Å². The number of anilines is 1. The molecule has 0 saturated heterocycles. The van der Waals surface area contributed by atoms with E-state index < -0.39 is 11.8 Å². The van der Waals surface area contributed by atoms with E-state index in [4.69, 9.17) is 5.11 Å². The first-order chi connectivity index (χ1) is 9.06. The highest BCUT2D eigenvalue weighted by Crippen LogP contribution is 2.17. The van der Waals surface area contributed by atoms with E-state index in [-0.39, 0.29) is 11.6 Å². The molecule has 0 spiro atoms. The maximum absolute atomic E-state index is 13.5. The minimum atomic E-state index is -1.25. The van der Waals surface area contributed by atoms with Gasteiger partial charge in [0, 0.05) is 23.0 Å². The molecular weight excluding hydrogens is 265 g/mol. The van der Waals surface area contributed by atoms with Gasteiger partial charge in [0.05, 0.1) is 5.56 Å². The van der Waals surface area contributed by atoms with Crippen molar-refractivity contribution in [2.45, 2.75) is 19.4 Å². The Morgan fingerprint density at radius 3 is 2.84 bits per heavy atom. The Hall–Kier alpha value is -1.88. The third kappa shape index (κ3) is 3.54. The van der Waals surface area contributed by atoms with Crippen LogP contribution in [-0.4, -0.2) is 17.1 Å². The fourth-order valence-electron chi connectivity index (χ4n) is 1.84. The van der Waals surface area contributed by atoms with Crippen LogP contribution in [0.3, 0.4) is 0 Å². The number of rotatable bonds is 5. The highest BCUT2D eigenvalue weighted by atomic mass is 32.1. The first-order valence-corrected chi connectivity index (χ1v) is 6.76. The third-order valence-electron chi connectivity index (χ3n) is 2.70. The molecule has 1 aromatic heterocycles. The van der Waals surface area contributed by atoms with Crippen LogP contribution in [0.5, 0.6) is 0 Å². The molecule has 2 aromatic rings. The zero-order valence-electron chi connectivity index (χ0n) is 10.4. The van der Waals surface area contributed by atoms with Crippen LogP contribution >= 0.6 is 11.3 Å². The number of hydrogen-bond acceptors (Lipinski definition) is 3. The molecule has 19 heavy (non-hydrogen) atoms. The van der Waals surface area contributed by atoms with Crippen molar-refractivity contribution in [1.82, 2.24) is 0 Å². The molecule has 100 valence electrons. The number of nitrogens with one attached hydrogen (secondary N) is 1. The standard InChI is InChI=1S/C14H14FNO2S/c1-9(7-11-3-2-6-19-11)16-10-4-5-12(14(17)18)13(15)8-10/h2-6,8-9,16H,7H2,1H3,(H,17,18). The third-order valence-corrected chi connectivity index (χ3v) is 3.60. The Bertz CT molecular complexity index is 569. The van der Waals surface area contributed by atoms with Crippen LogP contribution in [0.1, 0.15) is 22.2 Å². The lowest BCUT2D eigenvalue weighted by Gasteiger charge is -2.14. The molecule has 0 radical (unpaired) electrons. The summed E-state index contributed by atoms with van der Waals surface area (Å²) in [6, 6.07) is 8.27. The first-order valence-electron chi connectivity index (χ1n) is 5.88. The largest absolute Gasteiger partial charge is 0.478 e. The molecule has 1 aromatic carbocycles. The second kappa shape index (κ2) is 5.84. The number of hydrogen-bond donors (Lipinski definition) is 2. The van der Waals surface area contributed by atoms with Crippen molar-refractivity contribution < 1.29 is 14.3 Å². The maximum atomic E-state index is 13.5. The summed E-state index contributed by atoms with van der Waals surface area (Å²) in [6.45, 7) is 2.00.